The first-order valence-corrected chi connectivity index (χ1v) is 10.4. The Labute approximate surface area is 185 Å². The Morgan fingerprint density at radius 1 is 1.03 bits per heavy atom. The van der Waals surface area contributed by atoms with E-state index in [2.05, 4.69) is 0 Å². The lowest BCUT2D eigenvalue weighted by atomic mass is 9.93. The van der Waals surface area contributed by atoms with Gasteiger partial charge in [-0.1, -0.05) is 23.8 Å². The topological polar surface area (TPSA) is 63.6 Å². The summed E-state index contributed by atoms with van der Waals surface area (Å²) in [5.74, 6) is 0.303. The molecule has 0 saturated carbocycles. The van der Waals surface area contributed by atoms with E-state index in [1.807, 2.05) is 39.8 Å². The fourth-order valence-electron chi connectivity index (χ4n) is 3.52. The van der Waals surface area contributed by atoms with Gasteiger partial charge in [0.1, 0.15) is 18.0 Å². The van der Waals surface area contributed by atoms with Crippen LogP contribution in [0.3, 0.4) is 0 Å². The van der Waals surface area contributed by atoms with Crippen LogP contribution in [0, 0.1) is 20.8 Å². The molecule has 0 unspecified atom stereocenters. The molecule has 4 heteroatoms. The SMILES string of the molecule is CC=C(C=C(C)COc1ccc(C(=O)c2c(C)cc(C)cc2C)cc1)C(=O)C(C)(C)O. The summed E-state index contributed by atoms with van der Waals surface area (Å²) in [6.45, 7) is 12.8. The van der Waals surface area contributed by atoms with Gasteiger partial charge in [0.05, 0.1) is 0 Å². The summed E-state index contributed by atoms with van der Waals surface area (Å²) in [6.07, 6.45) is 3.40. The van der Waals surface area contributed by atoms with Gasteiger partial charge >= 0.3 is 0 Å². The molecule has 31 heavy (non-hydrogen) atoms. The highest BCUT2D eigenvalue weighted by Crippen LogP contribution is 2.22. The summed E-state index contributed by atoms with van der Waals surface area (Å²) < 4.78 is 5.80. The second-order valence-corrected chi connectivity index (χ2v) is 8.54. The minimum atomic E-state index is -1.42. The molecule has 1 N–H and O–H groups in total. The first-order valence-electron chi connectivity index (χ1n) is 10.4. The fourth-order valence-corrected chi connectivity index (χ4v) is 3.52. The molecule has 2 aromatic carbocycles. The van der Waals surface area contributed by atoms with Gasteiger partial charge in [-0.2, -0.15) is 0 Å². The van der Waals surface area contributed by atoms with Crippen LogP contribution >= 0.6 is 0 Å². The number of Topliss-reactive ketones (excluding diaryl/α,β-unsaturated/α-hetero) is 1. The molecule has 0 aliphatic rings. The molecule has 0 heterocycles. The second kappa shape index (κ2) is 9.88. The third-order valence-corrected chi connectivity index (χ3v) is 5.02. The largest absolute Gasteiger partial charge is 0.489 e. The van der Waals surface area contributed by atoms with E-state index in [1.54, 1.807) is 43.3 Å². The van der Waals surface area contributed by atoms with Crippen molar-refractivity contribution in [3.05, 3.63) is 87.5 Å². The molecule has 0 fully saturated rings. The predicted octanol–water partition coefficient (Wildman–Crippen LogP) is 5.45. The third-order valence-electron chi connectivity index (χ3n) is 5.02. The molecule has 0 aliphatic carbocycles. The number of hydrogen-bond donors (Lipinski definition) is 1. The number of carbonyl (C=O) groups is 2. The molecule has 0 aliphatic heterocycles. The van der Waals surface area contributed by atoms with Crippen LogP contribution in [0.4, 0.5) is 0 Å². The zero-order chi connectivity index (χ0) is 23.3. The number of allylic oxidation sites excluding steroid dienone is 2. The molecular formula is C27H32O4. The zero-order valence-electron chi connectivity index (χ0n) is 19.5. The second-order valence-electron chi connectivity index (χ2n) is 8.54. The van der Waals surface area contributed by atoms with Gasteiger partial charge < -0.3 is 9.84 Å². The van der Waals surface area contributed by atoms with Gasteiger partial charge in [-0.3, -0.25) is 9.59 Å². The number of aliphatic hydroxyl groups is 1. The Balaban J connectivity index is 2.10. The quantitative estimate of drug-likeness (QED) is 0.350. The van der Waals surface area contributed by atoms with Crippen LogP contribution in [0.1, 0.15) is 60.3 Å². The van der Waals surface area contributed by atoms with E-state index in [0.29, 0.717) is 23.5 Å². The number of hydrogen-bond acceptors (Lipinski definition) is 4. The van der Waals surface area contributed by atoms with Crippen molar-refractivity contribution in [2.45, 2.75) is 54.1 Å². The number of benzene rings is 2. The molecule has 0 radical (unpaired) electrons. The van der Waals surface area contributed by atoms with E-state index < -0.39 is 5.60 Å². The Kier molecular flexibility index (Phi) is 7.75. The highest BCUT2D eigenvalue weighted by Gasteiger charge is 2.25. The van der Waals surface area contributed by atoms with Gasteiger partial charge in [0.15, 0.2) is 11.6 Å². The Hall–Kier alpha value is -2.98. The van der Waals surface area contributed by atoms with E-state index >= 15 is 0 Å². The molecule has 0 saturated heterocycles. The Morgan fingerprint density at radius 2 is 1.58 bits per heavy atom. The summed E-state index contributed by atoms with van der Waals surface area (Å²) in [5.41, 5.74) is 4.32. The van der Waals surface area contributed by atoms with E-state index in [4.69, 9.17) is 4.74 Å². The first-order chi connectivity index (χ1) is 14.4. The van der Waals surface area contributed by atoms with Crippen molar-refractivity contribution in [3.63, 3.8) is 0 Å². The van der Waals surface area contributed by atoms with Crippen LogP contribution in [-0.4, -0.2) is 28.9 Å². The van der Waals surface area contributed by atoms with E-state index in [9.17, 15) is 14.7 Å². The molecule has 164 valence electrons. The Bertz CT molecular complexity index is 1010. The average Bonchev–Trinajstić information content (AvgIpc) is 2.68. The number of ether oxygens (including phenoxy) is 1. The molecule has 0 bridgehead atoms. The van der Waals surface area contributed by atoms with Gasteiger partial charge in [0, 0.05) is 16.7 Å². The maximum absolute atomic E-state index is 13.0. The van der Waals surface area contributed by atoms with Crippen LogP contribution in [0.5, 0.6) is 5.75 Å². The lowest BCUT2D eigenvalue weighted by molar-refractivity contribution is -0.129. The summed E-state index contributed by atoms with van der Waals surface area (Å²) in [5, 5.41) is 9.93. The normalized spacial score (nSPS) is 12.6. The molecular weight excluding hydrogens is 388 g/mol. The van der Waals surface area contributed by atoms with Crippen molar-refractivity contribution in [2.24, 2.45) is 0 Å². The summed E-state index contributed by atoms with van der Waals surface area (Å²) in [7, 11) is 0. The lowest BCUT2D eigenvalue weighted by Crippen LogP contribution is -2.32. The van der Waals surface area contributed by atoms with Crippen molar-refractivity contribution >= 4 is 11.6 Å². The minimum absolute atomic E-state index is 0.000446. The lowest BCUT2D eigenvalue weighted by Gasteiger charge is -2.16. The monoisotopic (exact) mass is 420 g/mol. The molecule has 4 nitrogen and oxygen atoms in total. The van der Waals surface area contributed by atoms with Crippen LogP contribution in [-0.2, 0) is 4.79 Å². The smallest absolute Gasteiger partial charge is 0.193 e. The van der Waals surface area contributed by atoms with Crippen LogP contribution in [0.2, 0.25) is 0 Å². The maximum atomic E-state index is 13.0. The highest BCUT2D eigenvalue weighted by molar-refractivity contribution is 6.10. The summed E-state index contributed by atoms with van der Waals surface area (Å²) in [4.78, 5) is 25.2. The summed E-state index contributed by atoms with van der Waals surface area (Å²) in [6, 6.07) is 11.1. The number of ketones is 2. The van der Waals surface area contributed by atoms with Crippen molar-refractivity contribution in [2.75, 3.05) is 6.61 Å². The number of aryl methyl sites for hydroxylation is 3. The van der Waals surface area contributed by atoms with Crippen LogP contribution in [0.15, 0.2) is 59.7 Å². The van der Waals surface area contributed by atoms with E-state index in [-0.39, 0.29) is 11.6 Å². The number of rotatable bonds is 8. The van der Waals surface area contributed by atoms with Gasteiger partial charge in [0.25, 0.3) is 0 Å². The predicted molar refractivity (Wildman–Crippen MR) is 125 cm³/mol. The molecule has 0 aromatic heterocycles. The molecule has 0 amide bonds. The van der Waals surface area contributed by atoms with Gasteiger partial charge in [-0.05, 0) is 95.5 Å². The van der Waals surface area contributed by atoms with Crippen LogP contribution < -0.4 is 4.74 Å². The van der Waals surface area contributed by atoms with Crippen molar-refractivity contribution in [3.8, 4) is 5.75 Å². The highest BCUT2D eigenvalue weighted by atomic mass is 16.5. The van der Waals surface area contributed by atoms with Crippen molar-refractivity contribution in [1.29, 1.82) is 0 Å². The van der Waals surface area contributed by atoms with E-state index in [1.165, 1.54) is 13.8 Å². The third kappa shape index (κ3) is 6.25. The Morgan fingerprint density at radius 3 is 2.06 bits per heavy atom. The van der Waals surface area contributed by atoms with Crippen LogP contribution in [0.25, 0.3) is 0 Å². The van der Waals surface area contributed by atoms with Gasteiger partial charge in [-0.25, -0.2) is 0 Å². The van der Waals surface area contributed by atoms with Crippen molar-refractivity contribution in [1.82, 2.24) is 0 Å². The van der Waals surface area contributed by atoms with Crippen molar-refractivity contribution < 1.29 is 19.4 Å². The molecule has 0 atom stereocenters. The molecule has 0 spiro atoms. The molecule has 2 rings (SSSR count). The minimum Gasteiger partial charge on any atom is -0.489 e. The fraction of sp³-hybridized carbons (Fsp3) is 0.333. The average molecular weight is 421 g/mol. The van der Waals surface area contributed by atoms with E-state index in [0.717, 1.165) is 27.8 Å². The summed E-state index contributed by atoms with van der Waals surface area (Å²) >= 11 is 0. The zero-order valence-corrected chi connectivity index (χ0v) is 19.5. The van der Waals surface area contributed by atoms with Gasteiger partial charge in [0.2, 0.25) is 0 Å². The first kappa shape index (κ1) is 24.3. The standard InChI is InChI=1S/C27H32O4/c1-8-21(26(29)27(6,7)30)15-18(3)16-31-23-11-9-22(10-12-23)25(28)24-19(4)13-17(2)14-20(24)5/h8-15,30H,16H2,1-7H3. The maximum Gasteiger partial charge on any atom is 0.193 e. The molecule has 2 aromatic rings. The number of carbonyl (C=O) groups excluding carboxylic acids is 2. The van der Waals surface area contributed by atoms with Gasteiger partial charge in [-0.15, -0.1) is 0 Å².